The molecule has 10 aliphatic heterocycles. The predicted octanol–water partition coefficient (Wildman–Crippen LogP) is 2.83. The lowest BCUT2D eigenvalue weighted by molar-refractivity contribution is -0.228. The van der Waals surface area contributed by atoms with Crippen molar-refractivity contribution in [2.45, 2.75) is 206 Å². The van der Waals surface area contributed by atoms with Crippen molar-refractivity contribution in [3.63, 3.8) is 0 Å². The maximum atomic E-state index is 12.0. The molecule has 10 heterocycles. The number of hydrogen-bond acceptors (Lipinski definition) is 39. The molecule has 56 heteroatoms. The number of ether oxygens (including phenoxy) is 11. The Morgan fingerprint density at radius 3 is 1.09 bits per heavy atom. The van der Waals surface area contributed by atoms with Gasteiger partial charge in [0.2, 0.25) is 0 Å². The van der Waals surface area contributed by atoms with Crippen LogP contribution in [0.2, 0.25) is 0 Å². The van der Waals surface area contributed by atoms with Crippen LogP contribution >= 0.6 is 0 Å². The van der Waals surface area contributed by atoms with Crippen molar-refractivity contribution in [1.82, 2.24) is 0 Å². The third-order valence-electron chi connectivity index (χ3n) is 22.5. The van der Waals surface area contributed by atoms with Gasteiger partial charge in [-0.3, -0.25) is 12.6 Å². The highest BCUT2D eigenvalue weighted by Gasteiger charge is 2.60. The number of hydrogen-bond donors (Lipinski definition) is 9. The summed E-state index contributed by atoms with van der Waals surface area (Å²) in [6.07, 6.45) is 6.23. The Hall–Kier alpha value is -9.69. The monoisotopic (exact) mass is 2210 g/mol. The van der Waals surface area contributed by atoms with Crippen LogP contribution in [0.3, 0.4) is 0 Å². The number of sulfonamides is 6. The van der Waals surface area contributed by atoms with E-state index in [0.29, 0.717) is 172 Å². The van der Waals surface area contributed by atoms with Gasteiger partial charge in [-0.25, -0.2) is 68.3 Å². The second-order valence-electron chi connectivity index (χ2n) is 35.7. The summed E-state index contributed by atoms with van der Waals surface area (Å²) in [4.78, 5) is 0. The molecule has 46 nitrogen and oxygen atoms in total. The zero-order valence-corrected chi connectivity index (χ0v) is 88.2. The summed E-state index contributed by atoms with van der Waals surface area (Å²) in [5, 5.41) is 24.7. The Morgan fingerprint density at radius 1 is 0.431 bits per heavy atom. The van der Waals surface area contributed by atoms with E-state index in [2.05, 4.69) is 50.3 Å². The summed E-state index contributed by atoms with van der Waals surface area (Å²) in [5.41, 5.74) is 40.9. The molecular formula is C88H121N13O33S10. The summed E-state index contributed by atoms with van der Waals surface area (Å²) in [6.45, 7) is 11.4. The van der Waals surface area contributed by atoms with Gasteiger partial charge < -0.3 is 96.7 Å². The normalized spacial score (nSPS) is 24.0. The molecule has 0 spiro atoms. The highest BCUT2D eigenvalue weighted by molar-refractivity contribution is 7.94. The zero-order chi connectivity index (χ0) is 106. The maximum Gasteiger partial charge on any atom is 0.264 e. The van der Waals surface area contributed by atoms with E-state index in [1.54, 1.807) is 122 Å². The van der Waals surface area contributed by atoms with Crippen LogP contribution in [0.25, 0.3) is 0 Å². The SMILES string of the molecule is C=S(N)(=O)OCCCCOc1cccc2c1C(N)=NS(=O)(=O)C2.CC1(C)CC[C@H](C2OC3OC(C)(C)O[C@@H]3[C@H]2Oc2cccc3c2C(N)=NS(=O)(=O)C3)O1.CS(=O)(=O)CCCCOc1cccc2c1C(N)=NS(=O)(=O)C2.CS(=O)(=O)OCCCCCOc1cccc2c1C(N)=NS(=O)(=O)C2.CS(=O)CCCCOc1cccc2c1C(N)=NS(=O)(=O)C2.C[C@@H]1O[C@H](COc2cccc3c2C(N)=NS(=O)(=O)C3)[C@@H](O)[C@H]1O. The van der Waals surface area contributed by atoms with E-state index in [1.807, 2.05) is 13.8 Å². The van der Waals surface area contributed by atoms with Gasteiger partial charge in [0.25, 0.3) is 70.3 Å². The van der Waals surface area contributed by atoms with Crippen LogP contribution in [0.4, 0.5) is 0 Å². The summed E-state index contributed by atoms with van der Waals surface area (Å²) in [5.74, 6) is 4.32. The lowest BCUT2D eigenvalue weighted by Crippen LogP contribution is -2.45. The van der Waals surface area contributed by atoms with Crippen LogP contribution < -0.4 is 68.0 Å². The number of amidine groups is 6. The number of aliphatic hydroxyl groups is 2. The van der Waals surface area contributed by atoms with Gasteiger partial charge in [0.05, 0.1) is 137 Å². The quantitative estimate of drug-likeness (QED) is 0.0162. The third-order valence-corrected chi connectivity index (χ3v) is 32.5. The van der Waals surface area contributed by atoms with Crippen molar-refractivity contribution >= 4 is 142 Å². The Morgan fingerprint density at radius 2 is 0.757 bits per heavy atom. The molecule has 6 aromatic carbocycles. The predicted molar refractivity (Wildman–Crippen MR) is 540 cm³/mol. The molecule has 144 heavy (non-hydrogen) atoms. The number of benzene rings is 6. The molecule has 0 aromatic heterocycles. The largest absolute Gasteiger partial charge is 0.493 e. The van der Waals surface area contributed by atoms with E-state index < -0.39 is 156 Å². The molecule has 6 aromatic rings. The van der Waals surface area contributed by atoms with Crippen LogP contribution in [-0.2, 0) is 167 Å². The second-order valence-corrected chi connectivity index (χ2v) is 52.6. The minimum Gasteiger partial charge on any atom is -0.493 e. The van der Waals surface area contributed by atoms with Gasteiger partial charge in [0.1, 0.15) is 120 Å². The van der Waals surface area contributed by atoms with E-state index in [-0.39, 0.29) is 107 Å². The lowest BCUT2D eigenvalue weighted by Gasteiger charge is -2.31. The van der Waals surface area contributed by atoms with Crippen LogP contribution in [0, 0.1) is 0 Å². The third kappa shape index (κ3) is 33.2. The number of nitrogens with zero attached hydrogens (tertiary/aromatic N) is 6. The fourth-order valence-electron chi connectivity index (χ4n) is 16.3. The van der Waals surface area contributed by atoms with Crippen molar-refractivity contribution in [2.75, 3.05) is 76.5 Å². The van der Waals surface area contributed by atoms with Crippen LogP contribution in [-0.4, -0.2) is 270 Å². The first-order valence-corrected chi connectivity index (χ1v) is 62.0. The molecule has 0 bridgehead atoms. The fraction of sp³-hybridized carbons (Fsp3) is 0.511. The minimum absolute atomic E-state index is 0.000942. The van der Waals surface area contributed by atoms with Crippen molar-refractivity contribution < 1.29 is 146 Å². The number of sulfone groups is 1. The lowest BCUT2D eigenvalue weighted by atomic mass is 10.0. The van der Waals surface area contributed by atoms with Gasteiger partial charge in [-0.2, -0.15) is 8.42 Å². The summed E-state index contributed by atoms with van der Waals surface area (Å²) in [7, 11) is -31.5. The van der Waals surface area contributed by atoms with E-state index in [4.69, 9.17) is 95.8 Å². The molecule has 4 unspecified atom stereocenters. The molecule has 16 N–H and O–H groups in total. The van der Waals surface area contributed by atoms with Crippen LogP contribution in [0.1, 0.15) is 172 Å². The minimum atomic E-state index is -3.64. The van der Waals surface area contributed by atoms with Crippen molar-refractivity contribution in [3.05, 3.63) is 176 Å². The van der Waals surface area contributed by atoms with Gasteiger partial charge in [-0.15, -0.1) is 26.4 Å². The topological polar surface area (TPSA) is 724 Å². The fourth-order valence-corrected chi connectivity index (χ4v) is 25.0. The molecule has 11 atom stereocenters. The number of nitrogens with two attached hydrogens (primary N) is 7. The average Bonchev–Trinajstić information content (AvgIpc) is 1.50. The average molecular weight is 2210 g/mol. The molecule has 0 aliphatic carbocycles. The Bertz CT molecular complexity index is 7060. The molecule has 4 fully saturated rings. The zero-order valence-electron chi connectivity index (χ0n) is 80.0. The van der Waals surface area contributed by atoms with Gasteiger partial charge >= 0.3 is 0 Å². The summed E-state index contributed by atoms with van der Waals surface area (Å²) in [6, 6.07) is 30.6. The molecule has 796 valence electrons. The number of rotatable bonds is 33. The molecule has 16 rings (SSSR count). The summed E-state index contributed by atoms with van der Waals surface area (Å²) >= 11 is 0. The molecule has 10 aliphatic rings. The van der Waals surface area contributed by atoms with Crippen LogP contribution in [0.15, 0.2) is 136 Å². The van der Waals surface area contributed by atoms with E-state index in [0.717, 1.165) is 38.4 Å². The van der Waals surface area contributed by atoms with Gasteiger partial charge in [-0.1, -0.05) is 72.8 Å². The molecule has 0 radical (unpaired) electrons. The van der Waals surface area contributed by atoms with E-state index in [9.17, 15) is 86.0 Å². The highest BCUT2D eigenvalue weighted by atomic mass is 32.2. The first kappa shape index (κ1) is 115. The van der Waals surface area contributed by atoms with E-state index >= 15 is 0 Å². The Labute approximate surface area is 841 Å². The van der Waals surface area contributed by atoms with Gasteiger partial charge in [0, 0.05) is 29.1 Å². The van der Waals surface area contributed by atoms with Crippen LogP contribution in [0.5, 0.6) is 34.5 Å². The molecule has 0 amide bonds. The Balaban J connectivity index is 0.000000166. The number of fused-ring (bicyclic) bond motifs is 7. The molecule has 4 saturated heterocycles. The van der Waals surface area contributed by atoms with Crippen molar-refractivity contribution in [3.8, 4) is 34.5 Å². The Kier molecular flexibility index (Phi) is 37.9. The smallest absolute Gasteiger partial charge is 0.264 e. The summed E-state index contributed by atoms with van der Waals surface area (Å²) < 4.78 is 301. The van der Waals surface area contributed by atoms with Gasteiger partial charge in [-0.05, 0) is 181 Å². The number of unbranched alkanes of at least 4 members (excludes halogenated alkanes) is 5. The van der Waals surface area contributed by atoms with E-state index in [1.165, 1.54) is 6.26 Å². The second kappa shape index (κ2) is 47.6. The standard InChI is InChI=1S/C21H28N2O7S.C14H20N2O6S2.C14H18N2O6S.C13H19N3O5S2.C13H18N2O5S2.C13H18N2O4S2/c1-20(2)9-8-13(28-20)15-16(17-19(27-15)30-21(3,4)29-17)26-12-7-5-6-11-10-31(24,25)23-18(22)14(11)12;1-23(17,18)22-9-4-2-3-8-21-12-7-5-6-11-10-24(19,20)16-14(15)13(11)12;1-7-12(17)13(18)10(22-7)5-21-9-4-2-3-8-6-23(19,20)16-14(15)11(8)9;1-22(15,17)21-8-3-2-7-20-11-6-4-5-10-9-23(18,19)16-13(14)12(10)11;1-21(16,17)8-3-2-7-20-11-6-4-5-10-9-22(18,19)15-13(14)12(10)11;1-20(16)8-3-2-7-19-11-6-4-5-10-9-21(17,18)15-13(14)12(10)11/h5-7,13,15-17,19H,8-10H2,1-4H3,(H2,22,23);5-7H,2-4,8-10H2,1H3,(H2,15,16);2-4,7,10,12-13,17-18H,5-6H2,1H3,(H2,15,16);4-6H,1-3,7-9H2,(H2,14,16)(H2,15,17);4-6H,2-3,7-9H2,1H3,(H2,14,15);4-6H,2-3,7-9H2,1H3,(H2,14,15)/t13-,15?,16+,17-,19?;;7-,10+,12-,13+;;;/m1.0.../s1. The highest BCUT2D eigenvalue weighted by Crippen LogP contribution is 2.46. The van der Waals surface area contributed by atoms with Crippen molar-refractivity contribution in [1.29, 1.82) is 0 Å². The maximum absolute atomic E-state index is 12.0. The number of aliphatic hydroxyl groups excluding tert-OH is 2. The molecular weight excluding hydrogens is 2090 g/mol. The van der Waals surface area contributed by atoms with Crippen molar-refractivity contribution in [2.24, 2.45) is 65.9 Å². The first-order chi connectivity index (χ1) is 67.1. The first-order valence-electron chi connectivity index (χ1n) is 45.0. The van der Waals surface area contributed by atoms with Gasteiger partial charge in [0.15, 0.2) is 24.3 Å². The molecule has 0 saturated carbocycles.